The fourth-order valence-electron chi connectivity index (χ4n) is 2.44. The predicted octanol–water partition coefficient (Wildman–Crippen LogP) is 2.26. The summed E-state index contributed by atoms with van der Waals surface area (Å²) in [6.45, 7) is 0.573. The van der Waals surface area contributed by atoms with Crippen LogP contribution in [-0.2, 0) is 25.5 Å². The summed E-state index contributed by atoms with van der Waals surface area (Å²) < 4.78 is 20.3. The van der Waals surface area contributed by atoms with Crippen molar-refractivity contribution in [1.29, 1.82) is 0 Å². The van der Waals surface area contributed by atoms with E-state index in [0.29, 0.717) is 24.5 Å². The van der Waals surface area contributed by atoms with Crippen LogP contribution >= 0.6 is 11.8 Å². The molecule has 0 radical (unpaired) electrons. The summed E-state index contributed by atoms with van der Waals surface area (Å²) in [4.78, 5) is 24.9. The number of thioether (sulfide) groups is 1. The molecule has 1 atom stereocenters. The molecule has 0 fully saturated rings. The summed E-state index contributed by atoms with van der Waals surface area (Å²) in [5.74, 6) is 0.993. The van der Waals surface area contributed by atoms with Gasteiger partial charge in [-0.3, -0.25) is 9.59 Å². The third-order valence-electron chi connectivity index (χ3n) is 3.73. The second-order valence-corrected chi connectivity index (χ2v) is 6.55. The molecule has 0 amide bonds. The molecule has 1 aromatic carbocycles. The number of Topliss-reactive ketones (excluding diaryl/α,β-unsaturated/α-hetero) is 1. The number of ketones is 1. The molecule has 0 aromatic heterocycles. The SMILES string of the molecule is COCCOC(=O)CCC(=O)C1Cc2cc(OC)c(OC)cc2S1. The Morgan fingerprint density at radius 3 is 2.46 bits per heavy atom. The number of fused-ring (bicyclic) bond motifs is 1. The first-order valence-corrected chi connectivity index (χ1v) is 8.55. The van der Waals surface area contributed by atoms with E-state index in [1.807, 2.05) is 12.1 Å². The maximum atomic E-state index is 12.3. The molecule has 1 aliphatic rings. The van der Waals surface area contributed by atoms with Crippen molar-refractivity contribution in [2.45, 2.75) is 29.4 Å². The molecular formula is C17H22O6S. The molecule has 1 heterocycles. The van der Waals surface area contributed by atoms with Gasteiger partial charge in [0, 0.05) is 18.4 Å². The maximum Gasteiger partial charge on any atom is 0.306 e. The molecule has 0 bridgehead atoms. The molecular weight excluding hydrogens is 332 g/mol. The van der Waals surface area contributed by atoms with Gasteiger partial charge < -0.3 is 18.9 Å². The quantitative estimate of drug-likeness (QED) is 0.497. The van der Waals surface area contributed by atoms with Crippen molar-refractivity contribution in [1.82, 2.24) is 0 Å². The lowest BCUT2D eigenvalue weighted by Gasteiger charge is -2.09. The monoisotopic (exact) mass is 354 g/mol. The smallest absolute Gasteiger partial charge is 0.306 e. The Kier molecular flexibility index (Phi) is 6.93. The van der Waals surface area contributed by atoms with Gasteiger partial charge >= 0.3 is 5.97 Å². The van der Waals surface area contributed by atoms with E-state index in [2.05, 4.69) is 0 Å². The Labute approximate surface area is 145 Å². The van der Waals surface area contributed by atoms with E-state index >= 15 is 0 Å². The minimum Gasteiger partial charge on any atom is -0.493 e. The number of rotatable bonds is 9. The van der Waals surface area contributed by atoms with Crippen LogP contribution in [0.3, 0.4) is 0 Å². The van der Waals surface area contributed by atoms with Gasteiger partial charge in [0.2, 0.25) is 0 Å². The second-order valence-electron chi connectivity index (χ2n) is 5.31. The third kappa shape index (κ3) is 4.64. The first-order chi connectivity index (χ1) is 11.6. The molecule has 6 nitrogen and oxygen atoms in total. The molecule has 132 valence electrons. The molecule has 0 saturated heterocycles. The second kappa shape index (κ2) is 8.94. The van der Waals surface area contributed by atoms with Crippen LogP contribution in [0.5, 0.6) is 11.5 Å². The van der Waals surface area contributed by atoms with E-state index < -0.39 is 0 Å². The van der Waals surface area contributed by atoms with Crippen molar-refractivity contribution in [3.05, 3.63) is 17.7 Å². The number of ether oxygens (including phenoxy) is 4. The fourth-order valence-corrected chi connectivity index (χ4v) is 3.73. The molecule has 24 heavy (non-hydrogen) atoms. The van der Waals surface area contributed by atoms with Crippen LogP contribution in [0.25, 0.3) is 0 Å². The number of hydrogen-bond acceptors (Lipinski definition) is 7. The maximum absolute atomic E-state index is 12.3. The Balaban J connectivity index is 1.88. The van der Waals surface area contributed by atoms with Crippen LogP contribution in [0.2, 0.25) is 0 Å². The Bertz CT molecular complexity index is 568. The van der Waals surface area contributed by atoms with Gasteiger partial charge in [-0.15, -0.1) is 11.8 Å². The highest BCUT2D eigenvalue weighted by molar-refractivity contribution is 8.01. The highest BCUT2D eigenvalue weighted by atomic mass is 32.2. The number of carbonyl (C=O) groups is 2. The Morgan fingerprint density at radius 2 is 1.79 bits per heavy atom. The average molecular weight is 354 g/mol. The van der Waals surface area contributed by atoms with Crippen molar-refractivity contribution < 1.29 is 28.5 Å². The van der Waals surface area contributed by atoms with Crippen molar-refractivity contribution in [3.8, 4) is 11.5 Å². The van der Waals surface area contributed by atoms with Gasteiger partial charge in [0.25, 0.3) is 0 Å². The lowest BCUT2D eigenvalue weighted by molar-refractivity contribution is -0.146. The average Bonchev–Trinajstić information content (AvgIpc) is 3.01. The van der Waals surface area contributed by atoms with E-state index in [1.165, 1.54) is 18.9 Å². The molecule has 0 aliphatic carbocycles. The molecule has 1 unspecified atom stereocenters. The topological polar surface area (TPSA) is 71.1 Å². The fraction of sp³-hybridized carbons (Fsp3) is 0.529. The zero-order valence-electron chi connectivity index (χ0n) is 14.1. The van der Waals surface area contributed by atoms with E-state index in [0.717, 1.165) is 10.5 Å². The number of hydrogen-bond donors (Lipinski definition) is 0. The van der Waals surface area contributed by atoms with Crippen LogP contribution < -0.4 is 9.47 Å². The van der Waals surface area contributed by atoms with Crippen LogP contribution in [0.15, 0.2) is 17.0 Å². The number of esters is 1. The summed E-state index contributed by atoms with van der Waals surface area (Å²) in [6, 6.07) is 3.80. The van der Waals surface area contributed by atoms with Gasteiger partial charge in [0.15, 0.2) is 11.5 Å². The first kappa shape index (κ1) is 18.6. The highest BCUT2D eigenvalue weighted by Gasteiger charge is 2.29. The van der Waals surface area contributed by atoms with Crippen LogP contribution in [-0.4, -0.2) is 51.5 Å². The van der Waals surface area contributed by atoms with Gasteiger partial charge in [-0.25, -0.2) is 0 Å². The highest BCUT2D eigenvalue weighted by Crippen LogP contribution is 2.43. The number of benzene rings is 1. The summed E-state index contributed by atoms with van der Waals surface area (Å²) in [6.07, 6.45) is 0.923. The summed E-state index contributed by atoms with van der Waals surface area (Å²) >= 11 is 1.51. The standard InChI is InChI=1S/C17H22O6S/c1-20-6-7-23-17(19)5-4-12(18)16-9-11-8-13(21-2)14(22-3)10-15(11)24-16/h8,10,16H,4-7,9H2,1-3H3. The van der Waals surface area contributed by atoms with E-state index in [1.54, 1.807) is 14.2 Å². The first-order valence-electron chi connectivity index (χ1n) is 7.67. The van der Waals surface area contributed by atoms with Gasteiger partial charge in [0.1, 0.15) is 12.4 Å². The van der Waals surface area contributed by atoms with Gasteiger partial charge in [-0.05, 0) is 24.1 Å². The molecule has 1 aliphatic heterocycles. The summed E-state index contributed by atoms with van der Waals surface area (Å²) in [5, 5.41) is -0.177. The molecule has 1 aromatic rings. The number of carbonyl (C=O) groups excluding carboxylic acids is 2. The van der Waals surface area contributed by atoms with Gasteiger partial charge in [0.05, 0.1) is 32.5 Å². The van der Waals surface area contributed by atoms with Crippen molar-refractivity contribution >= 4 is 23.5 Å². The zero-order valence-corrected chi connectivity index (χ0v) is 14.9. The molecule has 0 spiro atoms. The molecule has 7 heteroatoms. The molecule has 0 saturated carbocycles. The predicted molar refractivity (Wildman–Crippen MR) is 90.0 cm³/mol. The van der Waals surface area contributed by atoms with Gasteiger partial charge in [-0.2, -0.15) is 0 Å². The summed E-state index contributed by atoms with van der Waals surface area (Å²) in [5.41, 5.74) is 1.07. The lowest BCUT2D eigenvalue weighted by Crippen LogP contribution is -2.18. The number of methoxy groups -OCH3 is 3. The van der Waals surface area contributed by atoms with Crippen LogP contribution in [0.4, 0.5) is 0 Å². The van der Waals surface area contributed by atoms with Gasteiger partial charge in [-0.1, -0.05) is 0 Å². The van der Waals surface area contributed by atoms with E-state index in [9.17, 15) is 9.59 Å². The third-order valence-corrected chi connectivity index (χ3v) is 5.07. The van der Waals surface area contributed by atoms with Crippen LogP contribution in [0.1, 0.15) is 18.4 Å². The largest absolute Gasteiger partial charge is 0.493 e. The lowest BCUT2D eigenvalue weighted by atomic mass is 10.0. The molecule has 0 N–H and O–H groups in total. The Hall–Kier alpha value is -1.73. The van der Waals surface area contributed by atoms with E-state index in [-0.39, 0.29) is 36.5 Å². The van der Waals surface area contributed by atoms with Crippen molar-refractivity contribution in [2.24, 2.45) is 0 Å². The van der Waals surface area contributed by atoms with E-state index in [4.69, 9.17) is 18.9 Å². The summed E-state index contributed by atoms with van der Waals surface area (Å²) in [7, 11) is 4.71. The van der Waals surface area contributed by atoms with Crippen LogP contribution in [0, 0.1) is 0 Å². The normalized spacial score (nSPS) is 15.7. The minimum atomic E-state index is -0.371. The van der Waals surface area contributed by atoms with Crippen molar-refractivity contribution in [3.63, 3.8) is 0 Å². The Morgan fingerprint density at radius 1 is 1.08 bits per heavy atom. The van der Waals surface area contributed by atoms with Crippen molar-refractivity contribution in [2.75, 3.05) is 34.5 Å². The minimum absolute atomic E-state index is 0.0535. The molecule has 2 rings (SSSR count). The zero-order chi connectivity index (χ0) is 17.5.